The van der Waals surface area contributed by atoms with Gasteiger partial charge in [-0.05, 0) is 50.3 Å². The summed E-state index contributed by atoms with van der Waals surface area (Å²) >= 11 is 0. The van der Waals surface area contributed by atoms with Crippen LogP contribution in [0.2, 0.25) is 0 Å². The minimum absolute atomic E-state index is 0.0374. The van der Waals surface area contributed by atoms with Crippen molar-refractivity contribution in [2.75, 3.05) is 13.2 Å². The Morgan fingerprint density at radius 2 is 2.00 bits per heavy atom. The normalized spacial score (nSPS) is 21.8. The third-order valence-electron chi connectivity index (χ3n) is 3.34. The fourth-order valence-corrected chi connectivity index (χ4v) is 1.90. The van der Waals surface area contributed by atoms with Crippen LogP contribution in [0.1, 0.15) is 38.7 Å². The van der Waals surface area contributed by atoms with E-state index in [0.717, 1.165) is 25.2 Å². The van der Waals surface area contributed by atoms with Gasteiger partial charge in [-0.1, -0.05) is 31.2 Å². The van der Waals surface area contributed by atoms with Gasteiger partial charge in [-0.2, -0.15) is 0 Å². The molecule has 2 nitrogen and oxygen atoms in total. The van der Waals surface area contributed by atoms with E-state index < -0.39 is 0 Å². The lowest BCUT2D eigenvalue weighted by atomic mass is 10.1. The van der Waals surface area contributed by atoms with Crippen LogP contribution >= 0.6 is 0 Å². The van der Waals surface area contributed by atoms with Crippen molar-refractivity contribution >= 4 is 0 Å². The molecule has 1 aliphatic rings. The Morgan fingerprint density at radius 1 is 1.26 bits per heavy atom. The molecule has 19 heavy (non-hydrogen) atoms. The zero-order chi connectivity index (χ0) is 13.6. The minimum Gasteiger partial charge on any atom is -0.491 e. The molecule has 2 heteroatoms. The molecule has 1 aromatic rings. The van der Waals surface area contributed by atoms with Crippen molar-refractivity contribution in [2.24, 2.45) is 0 Å². The largest absolute Gasteiger partial charge is 0.491 e. The first-order valence-corrected chi connectivity index (χ1v) is 7.22. The molecule has 2 rings (SSSR count). The molecule has 1 saturated heterocycles. The molecule has 0 saturated carbocycles. The van der Waals surface area contributed by atoms with Crippen molar-refractivity contribution in [1.82, 2.24) is 0 Å². The van der Waals surface area contributed by atoms with E-state index in [2.05, 4.69) is 50.3 Å². The second-order valence-corrected chi connectivity index (χ2v) is 5.44. The summed E-state index contributed by atoms with van der Waals surface area (Å²) in [5.41, 5.74) is 1.34. The number of aryl methyl sites for hydroxylation is 1. The third-order valence-corrected chi connectivity index (χ3v) is 3.34. The Kier molecular flexibility index (Phi) is 5.03. The van der Waals surface area contributed by atoms with E-state index in [0.29, 0.717) is 6.61 Å². The van der Waals surface area contributed by atoms with Crippen LogP contribution in [0.15, 0.2) is 36.4 Å². The van der Waals surface area contributed by atoms with Crippen LogP contribution in [0.3, 0.4) is 0 Å². The van der Waals surface area contributed by atoms with E-state index >= 15 is 0 Å². The molecule has 1 heterocycles. The third kappa shape index (κ3) is 5.07. The van der Waals surface area contributed by atoms with E-state index in [1.165, 1.54) is 18.4 Å². The maximum Gasteiger partial charge on any atom is 0.123 e. The number of rotatable bonds is 8. The average molecular weight is 260 g/mol. The predicted octanol–water partition coefficient (Wildman–Crippen LogP) is 4.14. The van der Waals surface area contributed by atoms with Gasteiger partial charge in [-0.15, -0.1) is 0 Å². The van der Waals surface area contributed by atoms with E-state index in [1.807, 2.05) is 0 Å². The molecular formula is C17H24O2. The van der Waals surface area contributed by atoms with Crippen LogP contribution in [-0.4, -0.2) is 18.8 Å². The maximum atomic E-state index is 5.71. The molecule has 0 amide bonds. The maximum absolute atomic E-state index is 5.71. The Labute approximate surface area is 116 Å². The Hall–Kier alpha value is -1.28. The molecule has 1 aliphatic heterocycles. The smallest absolute Gasteiger partial charge is 0.123 e. The van der Waals surface area contributed by atoms with Gasteiger partial charge in [0, 0.05) is 0 Å². The van der Waals surface area contributed by atoms with Gasteiger partial charge in [-0.3, -0.25) is 0 Å². The van der Waals surface area contributed by atoms with Crippen molar-refractivity contribution in [1.29, 1.82) is 0 Å². The van der Waals surface area contributed by atoms with Crippen LogP contribution in [0.5, 0.6) is 5.75 Å². The molecule has 0 aliphatic carbocycles. The van der Waals surface area contributed by atoms with E-state index in [9.17, 15) is 0 Å². The van der Waals surface area contributed by atoms with Crippen molar-refractivity contribution in [2.45, 2.75) is 45.1 Å². The summed E-state index contributed by atoms with van der Waals surface area (Å²) in [4.78, 5) is 0. The fraction of sp³-hybridized carbons (Fsp3) is 0.529. The Balaban J connectivity index is 1.70. The molecule has 0 bridgehead atoms. The Bertz CT molecular complexity index is 402. The molecule has 1 atom stereocenters. The van der Waals surface area contributed by atoms with Crippen LogP contribution < -0.4 is 4.74 Å². The van der Waals surface area contributed by atoms with Gasteiger partial charge in [0.2, 0.25) is 0 Å². The standard InChI is InChI=1S/C17H24O2/c1-3-4-5-6-7-8-15-9-11-16(12-10-15)18-13-17(2)14-19-17/h4-5,9-12H,3,6-8,13-14H2,1-2H3/b5-4+. The van der Waals surface area contributed by atoms with Gasteiger partial charge in [0.05, 0.1) is 6.61 Å². The number of benzene rings is 1. The highest BCUT2D eigenvalue weighted by Gasteiger charge is 2.40. The van der Waals surface area contributed by atoms with Crippen molar-refractivity contribution in [3.63, 3.8) is 0 Å². The zero-order valence-corrected chi connectivity index (χ0v) is 12.0. The molecule has 1 aromatic carbocycles. The lowest BCUT2D eigenvalue weighted by molar-refractivity contribution is 0.202. The van der Waals surface area contributed by atoms with Gasteiger partial charge in [0.25, 0.3) is 0 Å². The van der Waals surface area contributed by atoms with E-state index in [1.54, 1.807) is 0 Å². The van der Waals surface area contributed by atoms with Crippen LogP contribution in [0.4, 0.5) is 0 Å². The summed E-state index contributed by atoms with van der Waals surface area (Å²) in [5, 5.41) is 0. The minimum atomic E-state index is -0.0374. The van der Waals surface area contributed by atoms with Gasteiger partial charge >= 0.3 is 0 Å². The highest BCUT2D eigenvalue weighted by Crippen LogP contribution is 2.27. The molecule has 0 aromatic heterocycles. The molecule has 0 N–H and O–H groups in total. The monoisotopic (exact) mass is 260 g/mol. The summed E-state index contributed by atoms with van der Waals surface area (Å²) in [7, 11) is 0. The number of allylic oxidation sites excluding steroid dienone is 2. The summed E-state index contributed by atoms with van der Waals surface area (Å²) in [6.45, 7) is 5.71. The van der Waals surface area contributed by atoms with Crippen molar-refractivity contribution < 1.29 is 9.47 Å². The summed E-state index contributed by atoms with van der Waals surface area (Å²) < 4.78 is 11.0. The van der Waals surface area contributed by atoms with Gasteiger partial charge in [-0.25, -0.2) is 0 Å². The fourth-order valence-electron chi connectivity index (χ4n) is 1.90. The second-order valence-electron chi connectivity index (χ2n) is 5.44. The molecular weight excluding hydrogens is 236 g/mol. The molecule has 0 radical (unpaired) electrons. The predicted molar refractivity (Wildman–Crippen MR) is 78.7 cm³/mol. The van der Waals surface area contributed by atoms with Gasteiger partial charge in [0.1, 0.15) is 18.0 Å². The van der Waals surface area contributed by atoms with Crippen molar-refractivity contribution in [3.8, 4) is 5.75 Å². The first-order valence-electron chi connectivity index (χ1n) is 7.22. The highest BCUT2D eigenvalue weighted by atomic mass is 16.6. The molecule has 104 valence electrons. The lowest BCUT2D eigenvalue weighted by Crippen LogP contribution is -2.16. The molecule has 0 spiro atoms. The first kappa shape index (κ1) is 14.1. The quantitative estimate of drug-likeness (QED) is 0.398. The Morgan fingerprint density at radius 3 is 2.63 bits per heavy atom. The first-order chi connectivity index (χ1) is 9.22. The second kappa shape index (κ2) is 6.76. The number of hydrogen-bond acceptors (Lipinski definition) is 2. The van der Waals surface area contributed by atoms with Crippen LogP contribution in [0, 0.1) is 0 Å². The van der Waals surface area contributed by atoms with Crippen LogP contribution in [0.25, 0.3) is 0 Å². The number of ether oxygens (including phenoxy) is 2. The zero-order valence-electron chi connectivity index (χ0n) is 12.0. The van der Waals surface area contributed by atoms with Crippen molar-refractivity contribution in [3.05, 3.63) is 42.0 Å². The number of hydrogen-bond donors (Lipinski definition) is 0. The van der Waals surface area contributed by atoms with Crippen LogP contribution in [-0.2, 0) is 11.2 Å². The SMILES string of the molecule is CC/C=C/CCCc1ccc(OCC2(C)CO2)cc1. The van der Waals surface area contributed by atoms with E-state index in [-0.39, 0.29) is 5.60 Å². The summed E-state index contributed by atoms with van der Waals surface area (Å²) in [5.74, 6) is 0.936. The number of unbranched alkanes of at least 4 members (excludes halogenated alkanes) is 1. The molecule has 1 fully saturated rings. The lowest BCUT2D eigenvalue weighted by Gasteiger charge is -2.09. The van der Waals surface area contributed by atoms with Gasteiger partial charge in [0.15, 0.2) is 0 Å². The summed E-state index contributed by atoms with van der Waals surface area (Å²) in [6, 6.07) is 8.44. The van der Waals surface area contributed by atoms with Gasteiger partial charge < -0.3 is 9.47 Å². The van der Waals surface area contributed by atoms with E-state index in [4.69, 9.17) is 9.47 Å². The molecule has 1 unspecified atom stereocenters. The summed E-state index contributed by atoms with van der Waals surface area (Å²) in [6.07, 6.45) is 9.15. The topological polar surface area (TPSA) is 21.8 Å². The number of epoxide rings is 1. The highest BCUT2D eigenvalue weighted by molar-refractivity contribution is 5.27. The average Bonchev–Trinajstić information content (AvgIpc) is 3.16.